The molecule has 0 aliphatic heterocycles. The van der Waals surface area contributed by atoms with Crippen LogP contribution >= 0.6 is 11.3 Å². The second-order valence-electron chi connectivity index (χ2n) is 7.48. The molecule has 0 atom stereocenters. The van der Waals surface area contributed by atoms with Crippen molar-refractivity contribution in [2.45, 2.75) is 71.7 Å². The van der Waals surface area contributed by atoms with Crippen molar-refractivity contribution in [3.63, 3.8) is 0 Å². The summed E-state index contributed by atoms with van der Waals surface area (Å²) < 4.78 is 7.73. The minimum Gasteiger partial charge on any atom is -0.410 e. The first-order valence-corrected chi connectivity index (χ1v) is 11.7. The first-order chi connectivity index (χ1) is 11.2. The molecule has 0 aliphatic carbocycles. The van der Waals surface area contributed by atoms with Crippen molar-refractivity contribution in [2.75, 3.05) is 0 Å². The van der Waals surface area contributed by atoms with Crippen molar-refractivity contribution < 1.29 is 9.22 Å². The Kier molecular flexibility index (Phi) is 5.99. The lowest BCUT2D eigenvalue weighted by Crippen LogP contribution is -2.47. The molecule has 2 rings (SSSR count). The SMILES string of the molecule is CC(=O)c1csc2cc(CO[Si](C(C)C)(C(C)C)C(C)C)ncc12. The summed E-state index contributed by atoms with van der Waals surface area (Å²) in [5, 5.41) is 2.88. The van der Waals surface area contributed by atoms with Crippen LogP contribution in [0.4, 0.5) is 0 Å². The Bertz CT molecular complexity index is 699. The minimum atomic E-state index is -1.88. The van der Waals surface area contributed by atoms with Crippen LogP contribution in [0.1, 0.15) is 64.5 Å². The zero-order valence-electron chi connectivity index (χ0n) is 15.8. The highest BCUT2D eigenvalue weighted by atomic mass is 32.1. The smallest absolute Gasteiger partial charge is 0.200 e. The molecule has 2 heterocycles. The van der Waals surface area contributed by atoms with Crippen LogP contribution in [0, 0.1) is 0 Å². The van der Waals surface area contributed by atoms with Crippen molar-refractivity contribution >= 4 is 35.5 Å². The molecule has 2 aromatic heterocycles. The average molecular weight is 364 g/mol. The molecule has 0 amide bonds. The van der Waals surface area contributed by atoms with E-state index in [0.29, 0.717) is 23.2 Å². The molecular weight excluding hydrogens is 334 g/mol. The van der Waals surface area contributed by atoms with Gasteiger partial charge in [-0.2, -0.15) is 0 Å². The summed E-state index contributed by atoms with van der Waals surface area (Å²) in [7, 11) is -1.88. The van der Waals surface area contributed by atoms with Crippen LogP contribution in [0.25, 0.3) is 10.1 Å². The van der Waals surface area contributed by atoms with Gasteiger partial charge in [0, 0.05) is 27.2 Å². The van der Waals surface area contributed by atoms with Gasteiger partial charge >= 0.3 is 0 Å². The van der Waals surface area contributed by atoms with Crippen LogP contribution in [0.2, 0.25) is 16.6 Å². The van der Waals surface area contributed by atoms with Gasteiger partial charge in [0.1, 0.15) is 0 Å². The van der Waals surface area contributed by atoms with Crippen molar-refractivity contribution in [3.8, 4) is 0 Å². The van der Waals surface area contributed by atoms with Gasteiger partial charge in [-0.3, -0.25) is 9.78 Å². The number of carbonyl (C=O) groups excluding carboxylic acids is 1. The summed E-state index contributed by atoms with van der Waals surface area (Å²) in [5.74, 6) is 0.0953. The van der Waals surface area contributed by atoms with E-state index in [4.69, 9.17) is 4.43 Å². The van der Waals surface area contributed by atoms with Gasteiger partial charge in [0.15, 0.2) is 5.78 Å². The third-order valence-electron chi connectivity index (χ3n) is 5.07. The first-order valence-electron chi connectivity index (χ1n) is 8.71. The average Bonchev–Trinajstić information content (AvgIpc) is 2.89. The largest absolute Gasteiger partial charge is 0.410 e. The maximum atomic E-state index is 11.6. The standard InChI is InChI=1S/C19H29NO2SSi/c1-12(2)24(13(3)4,14(5)6)22-10-16-8-19-17(9-20-16)18(11-23-19)15(7)21/h8-9,11-14H,10H2,1-7H3. The zero-order chi connectivity index (χ0) is 18.1. The van der Waals surface area contributed by atoms with Crippen LogP contribution in [-0.4, -0.2) is 19.1 Å². The van der Waals surface area contributed by atoms with Crippen LogP contribution in [0.15, 0.2) is 17.6 Å². The lowest BCUT2D eigenvalue weighted by Gasteiger charge is -2.42. The first kappa shape index (κ1) is 19.3. The Hall–Kier alpha value is -1.04. The molecule has 0 saturated heterocycles. The Morgan fingerprint density at radius 2 is 1.75 bits per heavy atom. The molecule has 0 fully saturated rings. The molecule has 0 N–H and O–H groups in total. The molecule has 0 radical (unpaired) electrons. The summed E-state index contributed by atoms with van der Waals surface area (Å²) >= 11 is 1.60. The normalized spacial score (nSPS) is 12.8. The number of aromatic nitrogens is 1. The number of ketones is 1. The van der Waals surface area contributed by atoms with E-state index in [2.05, 4.69) is 52.6 Å². The summed E-state index contributed by atoms with van der Waals surface area (Å²) in [6, 6.07) is 2.08. The number of pyridine rings is 1. The molecule has 5 heteroatoms. The molecule has 2 aromatic rings. The van der Waals surface area contributed by atoms with E-state index in [-0.39, 0.29) is 5.78 Å². The van der Waals surface area contributed by atoms with Gasteiger partial charge in [0.25, 0.3) is 0 Å². The maximum absolute atomic E-state index is 11.6. The third kappa shape index (κ3) is 3.48. The van der Waals surface area contributed by atoms with Gasteiger partial charge in [-0.05, 0) is 29.6 Å². The molecule has 0 spiro atoms. The van der Waals surface area contributed by atoms with Crippen molar-refractivity contribution in [1.29, 1.82) is 0 Å². The Morgan fingerprint density at radius 3 is 2.25 bits per heavy atom. The van der Waals surface area contributed by atoms with Gasteiger partial charge in [0.05, 0.1) is 12.3 Å². The number of nitrogens with zero attached hydrogens (tertiary/aromatic N) is 1. The highest BCUT2D eigenvalue weighted by Crippen LogP contribution is 2.42. The summed E-state index contributed by atoms with van der Waals surface area (Å²) in [6.07, 6.45) is 1.82. The molecule has 3 nitrogen and oxygen atoms in total. The Balaban J connectivity index is 2.27. The van der Waals surface area contributed by atoms with Gasteiger partial charge in [-0.25, -0.2) is 0 Å². The second kappa shape index (κ2) is 7.46. The van der Waals surface area contributed by atoms with Crippen LogP contribution in [0.5, 0.6) is 0 Å². The Morgan fingerprint density at radius 1 is 1.17 bits per heavy atom. The lowest BCUT2D eigenvalue weighted by atomic mass is 10.1. The number of thiophene rings is 1. The maximum Gasteiger partial charge on any atom is 0.200 e. The van der Waals surface area contributed by atoms with E-state index >= 15 is 0 Å². The molecule has 24 heavy (non-hydrogen) atoms. The van der Waals surface area contributed by atoms with Crippen LogP contribution in [0.3, 0.4) is 0 Å². The molecule has 0 bridgehead atoms. The third-order valence-corrected chi connectivity index (χ3v) is 12.1. The van der Waals surface area contributed by atoms with Crippen LogP contribution < -0.4 is 0 Å². The van der Waals surface area contributed by atoms with Gasteiger partial charge in [-0.15, -0.1) is 11.3 Å². The highest BCUT2D eigenvalue weighted by molar-refractivity contribution is 7.17. The number of rotatable bonds is 7. The zero-order valence-corrected chi connectivity index (χ0v) is 17.7. The monoisotopic (exact) mass is 363 g/mol. The highest BCUT2D eigenvalue weighted by Gasteiger charge is 2.45. The van der Waals surface area contributed by atoms with Crippen molar-refractivity contribution in [3.05, 3.63) is 28.9 Å². The van der Waals surface area contributed by atoms with Gasteiger partial charge in [-0.1, -0.05) is 41.5 Å². The molecule has 0 aromatic carbocycles. The fourth-order valence-corrected chi connectivity index (χ4v) is 10.4. The summed E-state index contributed by atoms with van der Waals surface area (Å²) in [6.45, 7) is 15.9. The predicted octanol–water partition coefficient (Wildman–Crippen LogP) is 6.19. The lowest BCUT2D eigenvalue weighted by molar-refractivity contribution is 0.101. The topological polar surface area (TPSA) is 39.2 Å². The number of hydrogen-bond acceptors (Lipinski definition) is 4. The summed E-state index contributed by atoms with van der Waals surface area (Å²) in [5.41, 5.74) is 3.41. The van der Waals surface area contributed by atoms with Crippen molar-refractivity contribution in [2.24, 2.45) is 0 Å². The minimum absolute atomic E-state index is 0.0953. The van der Waals surface area contributed by atoms with E-state index < -0.39 is 8.32 Å². The molecule has 0 unspecified atom stereocenters. The van der Waals surface area contributed by atoms with Gasteiger partial charge < -0.3 is 4.43 Å². The predicted molar refractivity (Wildman–Crippen MR) is 105 cm³/mol. The number of hydrogen-bond donors (Lipinski definition) is 0. The number of carbonyl (C=O) groups is 1. The van der Waals surface area contributed by atoms with Gasteiger partial charge in [0.2, 0.25) is 8.32 Å². The van der Waals surface area contributed by atoms with Crippen molar-refractivity contribution in [1.82, 2.24) is 4.98 Å². The Labute approximate surface area is 150 Å². The number of Topliss-reactive ketones (excluding diaryl/α,β-unsaturated/α-hetero) is 1. The van der Waals surface area contributed by atoms with Crippen LogP contribution in [-0.2, 0) is 11.0 Å². The molecule has 0 saturated carbocycles. The van der Waals surface area contributed by atoms with E-state index in [9.17, 15) is 4.79 Å². The van der Waals surface area contributed by atoms with E-state index in [1.165, 1.54) is 0 Å². The molecule has 0 aliphatic rings. The quantitative estimate of drug-likeness (QED) is 0.435. The summed E-state index contributed by atoms with van der Waals surface area (Å²) in [4.78, 5) is 16.2. The molecule has 132 valence electrons. The molecular formula is C19H29NO2SSi. The fraction of sp³-hybridized carbons (Fsp3) is 0.579. The van der Waals surface area contributed by atoms with E-state index in [1.54, 1.807) is 18.3 Å². The fourth-order valence-electron chi connectivity index (χ4n) is 4.01. The second-order valence-corrected chi connectivity index (χ2v) is 13.9. The number of fused-ring (bicyclic) bond motifs is 1. The van der Waals surface area contributed by atoms with E-state index in [1.807, 2.05) is 11.6 Å². The van der Waals surface area contributed by atoms with E-state index in [0.717, 1.165) is 21.3 Å².